The lowest BCUT2D eigenvalue weighted by atomic mass is 10.1. The summed E-state index contributed by atoms with van der Waals surface area (Å²) in [6.07, 6.45) is 1.63. The number of carbonyl (C=O) groups excluding carboxylic acids is 1. The van der Waals surface area contributed by atoms with E-state index in [0.29, 0.717) is 30.8 Å². The fraction of sp³-hybridized carbons (Fsp3) is 0.500. The lowest BCUT2D eigenvalue weighted by molar-refractivity contribution is -0.138. The van der Waals surface area contributed by atoms with Crippen molar-refractivity contribution in [1.29, 1.82) is 0 Å². The Labute approximate surface area is 130 Å². The molecule has 0 saturated heterocycles. The van der Waals surface area contributed by atoms with Crippen LogP contribution in [0.2, 0.25) is 5.02 Å². The molecule has 0 radical (unpaired) electrons. The van der Waals surface area contributed by atoms with Crippen LogP contribution >= 0.6 is 11.6 Å². The van der Waals surface area contributed by atoms with Gasteiger partial charge in [0, 0.05) is 30.5 Å². The van der Waals surface area contributed by atoms with E-state index in [2.05, 4.69) is 0 Å². The van der Waals surface area contributed by atoms with E-state index >= 15 is 0 Å². The Morgan fingerprint density at radius 1 is 1.24 bits per heavy atom. The largest absolute Gasteiger partial charge is 0.481 e. The number of aliphatic carboxylic acids is 1. The molecule has 0 aliphatic rings. The second-order valence-corrected chi connectivity index (χ2v) is 5.78. The van der Waals surface area contributed by atoms with Crippen LogP contribution in [0.4, 0.5) is 0 Å². The van der Waals surface area contributed by atoms with E-state index < -0.39 is 5.97 Å². The third kappa shape index (κ3) is 6.63. The summed E-state index contributed by atoms with van der Waals surface area (Å²) in [5.41, 5.74) is 0.995. The normalized spacial score (nSPS) is 10.7. The van der Waals surface area contributed by atoms with Gasteiger partial charge < -0.3 is 10.0 Å². The van der Waals surface area contributed by atoms with Crippen molar-refractivity contribution in [1.82, 2.24) is 4.90 Å². The van der Waals surface area contributed by atoms with E-state index in [1.807, 2.05) is 32.0 Å². The second kappa shape index (κ2) is 8.67. The molecule has 0 bridgehead atoms. The van der Waals surface area contributed by atoms with E-state index in [9.17, 15) is 9.59 Å². The molecule has 0 unspecified atom stereocenters. The number of hydrogen-bond acceptors (Lipinski definition) is 2. The Balaban J connectivity index is 2.56. The molecule has 0 aliphatic heterocycles. The van der Waals surface area contributed by atoms with Gasteiger partial charge in [-0.25, -0.2) is 0 Å². The molecule has 0 aliphatic carbocycles. The highest BCUT2D eigenvalue weighted by Crippen LogP contribution is 2.15. The lowest BCUT2D eigenvalue weighted by Crippen LogP contribution is -2.36. The SMILES string of the molecule is CC(C)N(Cc1cccc(Cl)c1)C(=O)CCCCC(=O)O. The first-order chi connectivity index (χ1) is 9.90. The van der Waals surface area contributed by atoms with E-state index in [1.54, 1.807) is 11.0 Å². The number of rotatable bonds is 8. The highest BCUT2D eigenvalue weighted by atomic mass is 35.5. The van der Waals surface area contributed by atoms with Gasteiger partial charge in [0.1, 0.15) is 0 Å². The second-order valence-electron chi connectivity index (χ2n) is 5.35. The molecular formula is C16H22ClNO3. The third-order valence-electron chi connectivity index (χ3n) is 3.22. The van der Waals surface area contributed by atoms with Crippen LogP contribution in [0.5, 0.6) is 0 Å². The van der Waals surface area contributed by atoms with Gasteiger partial charge in [0.15, 0.2) is 0 Å². The third-order valence-corrected chi connectivity index (χ3v) is 3.45. The summed E-state index contributed by atoms with van der Waals surface area (Å²) < 4.78 is 0. The van der Waals surface area contributed by atoms with Gasteiger partial charge in [0.2, 0.25) is 5.91 Å². The molecule has 0 fully saturated rings. The molecule has 0 saturated carbocycles. The molecular weight excluding hydrogens is 290 g/mol. The maximum absolute atomic E-state index is 12.3. The topological polar surface area (TPSA) is 57.6 Å². The lowest BCUT2D eigenvalue weighted by Gasteiger charge is -2.27. The molecule has 21 heavy (non-hydrogen) atoms. The Morgan fingerprint density at radius 2 is 1.90 bits per heavy atom. The first-order valence-electron chi connectivity index (χ1n) is 7.16. The molecule has 0 spiro atoms. The van der Waals surface area contributed by atoms with Crippen LogP contribution in [0.3, 0.4) is 0 Å². The number of carbonyl (C=O) groups is 2. The Morgan fingerprint density at radius 3 is 2.48 bits per heavy atom. The molecule has 0 atom stereocenters. The first-order valence-corrected chi connectivity index (χ1v) is 7.53. The van der Waals surface area contributed by atoms with Crippen molar-refractivity contribution < 1.29 is 14.7 Å². The van der Waals surface area contributed by atoms with Crippen LogP contribution in [0, 0.1) is 0 Å². The predicted octanol–water partition coefficient (Wildman–Crippen LogP) is 3.72. The van der Waals surface area contributed by atoms with Gasteiger partial charge in [0.25, 0.3) is 0 Å². The van der Waals surface area contributed by atoms with Crippen molar-refractivity contribution in [3.63, 3.8) is 0 Å². The van der Waals surface area contributed by atoms with Crippen LogP contribution in [0.25, 0.3) is 0 Å². The average Bonchev–Trinajstić information content (AvgIpc) is 2.40. The van der Waals surface area contributed by atoms with Crippen LogP contribution < -0.4 is 0 Å². The van der Waals surface area contributed by atoms with Crippen molar-refractivity contribution >= 4 is 23.5 Å². The van der Waals surface area contributed by atoms with Crippen LogP contribution in [-0.4, -0.2) is 27.9 Å². The summed E-state index contributed by atoms with van der Waals surface area (Å²) in [7, 11) is 0. The van der Waals surface area contributed by atoms with Crippen molar-refractivity contribution in [2.75, 3.05) is 0 Å². The Hall–Kier alpha value is -1.55. The molecule has 5 heteroatoms. The summed E-state index contributed by atoms with van der Waals surface area (Å²) >= 11 is 5.96. The number of nitrogens with zero attached hydrogens (tertiary/aromatic N) is 1. The zero-order chi connectivity index (χ0) is 15.8. The summed E-state index contributed by atoms with van der Waals surface area (Å²) in [6.45, 7) is 4.47. The van der Waals surface area contributed by atoms with E-state index in [0.717, 1.165) is 5.56 Å². The summed E-state index contributed by atoms with van der Waals surface area (Å²) in [5, 5.41) is 9.25. The van der Waals surface area contributed by atoms with Crippen molar-refractivity contribution in [2.24, 2.45) is 0 Å². The number of hydrogen-bond donors (Lipinski definition) is 1. The zero-order valence-electron chi connectivity index (χ0n) is 12.5. The molecule has 1 aromatic rings. The van der Waals surface area contributed by atoms with Crippen LogP contribution in [0.15, 0.2) is 24.3 Å². The molecule has 0 aromatic heterocycles. The number of carboxylic acids is 1. The maximum atomic E-state index is 12.3. The van der Waals surface area contributed by atoms with Gasteiger partial charge in [0.05, 0.1) is 0 Å². The zero-order valence-corrected chi connectivity index (χ0v) is 13.3. The van der Waals surface area contributed by atoms with Gasteiger partial charge >= 0.3 is 5.97 Å². The van der Waals surface area contributed by atoms with Gasteiger partial charge in [-0.15, -0.1) is 0 Å². The Bertz CT molecular complexity index is 488. The smallest absolute Gasteiger partial charge is 0.303 e. The molecule has 1 N–H and O–H groups in total. The van der Waals surface area contributed by atoms with Crippen LogP contribution in [0.1, 0.15) is 45.1 Å². The van der Waals surface area contributed by atoms with E-state index in [-0.39, 0.29) is 18.4 Å². The average molecular weight is 312 g/mol. The number of benzene rings is 1. The van der Waals surface area contributed by atoms with Gasteiger partial charge in [-0.3, -0.25) is 9.59 Å². The van der Waals surface area contributed by atoms with Crippen molar-refractivity contribution in [2.45, 2.75) is 52.1 Å². The maximum Gasteiger partial charge on any atom is 0.303 e. The number of amides is 1. The fourth-order valence-electron chi connectivity index (χ4n) is 2.09. The summed E-state index contributed by atoms with van der Waals surface area (Å²) in [4.78, 5) is 24.5. The highest BCUT2D eigenvalue weighted by Gasteiger charge is 2.17. The van der Waals surface area contributed by atoms with E-state index in [1.165, 1.54) is 0 Å². The molecule has 116 valence electrons. The highest BCUT2D eigenvalue weighted by molar-refractivity contribution is 6.30. The minimum absolute atomic E-state index is 0.0513. The number of carboxylic acid groups (broad SMARTS) is 1. The molecule has 0 heterocycles. The van der Waals surface area contributed by atoms with Gasteiger partial charge in [-0.05, 0) is 44.4 Å². The molecule has 4 nitrogen and oxygen atoms in total. The fourth-order valence-corrected chi connectivity index (χ4v) is 2.30. The summed E-state index contributed by atoms with van der Waals surface area (Å²) in [5.74, 6) is -0.766. The molecule has 1 rings (SSSR count). The Kier molecular flexibility index (Phi) is 7.23. The van der Waals surface area contributed by atoms with E-state index in [4.69, 9.17) is 16.7 Å². The molecule has 1 aromatic carbocycles. The first kappa shape index (κ1) is 17.5. The van der Waals surface area contributed by atoms with Crippen LogP contribution in [-0.2, 0) is 16.1 Å². The monoisotopic (exact) mass is 311 g/mol. The molecule has 1 amide bonds. The quantitative estimate of drug-likeness (QED) is 0.744. The van der Waals surface area contributed by atoms with Crippen molar-refractivity contribution in [3.8, 4) is 0 Å². The standard InChI is InChI=1S/C16H22ClNO3/c1-12(2)18(11-13-6-5-7-14(17)10-13)15(19)8-3-4-9-16(20)21/h5-7,10,12H,3-4,8-9,11H2,1-2H3,(H,20,21). The predicted molar refractivity (Wildman–Crippen MR) is 83.2 cm³/mol. The van der Waals surface area contributed by atoms with Gasteiger partial charge in [-0.2, -0.15) is 0 Å². The van der Waals surface area contributed by atoms with Gasteiger partial charge in [-0.1, -0.05) is 23.7 Å². The minimum Gasteiger partial charge on any atom is -0.481 e. The number of unbranched alkanes of at least 4 members (excludes halogenated alkanes) is 1. The minimum atomic E-state index is -0.818. The number of halogens is 1. The summed E-state index contributed by atoms with van der Waals surface area (Å²) in [6, 6.07) is 7.57. The van der Waals surface area contributed by atoms with Crippen molar-refractivity contribution in [3.05, 3.63) is 34.9 Å².